The number of carbonyl (C=O) groups is 1. The van der Waals surface area contributed by atoms with Gasteiger partial charge in [-0.1, -0.05) is 31.4 Å². The van der Waals surface area contributed by atoms with Crippen molar-refractivity contribution in [1.29, 1.82) is 0 Å². The number of amides is 1. The van der Waals surface area contributed by atoms with Crippen LogP contribution >= 0.6 is 0 Å². The second-order valence-electron chi connectivity index (χ2n) is 7.02. The molecule has 0 heterocycles. The fraction of sp³-hybridized carbons (Fsp3) is 0.381. The number of hydrogen-bond donors (Lipinski definition) is 1. The highest BCUT2D eigenvalue weighted by Gasteiger charge is 2.41. The molecule has 0 unspecified atom stereocenters. The third-order valence-electron chi connectivity index (χ3n) is 5.30. The average molecular weight is 395 g/mol. The Labute approximate surface area is 160 Å². The van der Waals surface area contributed by atoms with E-state index in [0.717, 1.165) is 32.4 Å². The highest BCUT2D eigenvalue weighted by atomic mass is 19.4. The molecule has 2 aromatic carbocycles. The second kappa shape index (κ2) is 7.81. The molecular weight excluding hydrogens is 374 g/mol. The van der Waals surface area contributed by atoms with E-state index in [1.165, 1.54) is 24.3 Å². The van der Waals surface area contributed by atoms with Crippen LogP contribution in [0.4, 0.5) is 23.2 Å². The average Bonchev–Trinajstić information content (AvgIpc) is 2.68. The molecule has 1 fully saturated rings. The molecule has 1 N–H and O–H groups in total. The Morgan fingerprint density at radius 2 is 1.68 bits per heavy atom. The molecule has 0 saturated heterocycles. The smallest absolute Gasteiger partial charge is 0.420 e. The Bertz CT molecular complexity index is 840. The summed E-state index contributed by atoms with van der Waals surface area (Å²) < 4.78 is 57.9. The second-order valence-corrected chi connectivity index (χ2v) is 7.02. The summed E-state index contributed by atoms with van der Waals surface area (Å²) in [6.07, 6.45) is -0.857. The van der Waals surface area contributed by atoms with E-state index in [1.807, 2.05) is 0 Å². The minimum atomic E-state index is -4.61. The van der Waals surface area contributed by atoms with Gasteiger partial charge in [0.25, 0.3) is 0 Å². The van der Waals surface area contributed by atoms with Crippen molar-refractivity contribution in [1.82, 2.24) is 0 Å². The Morgan fingerprint density at radius 3 is 2.25 bits per heavy atom. The first-order valence-corrected chi connectivity index (χ1v) is 9.09. The lowest BCUT2D eigenvalue weighted by Gasteiger charge is -2.36. The minimum absolute atomic E-state index is 0.0465. The normalized spacial score (nSPS) is 16.5. The van der Waals surface area contributed by atoms with Crippen molar-refractivity contribution in [3.05, 3.63) is 59.4 Å². The summed E-state index contributed by atoms with van der Waals surface area (Å²) in [7, 11) is 1.16. The molecule has 150 valence electrons. The van der Waals surface area contributed by atoms with Gasteiger partial charge >= 0.3 is 6.18 Å². The van der Waals surface area contributed by atoms with E-state index in [0.29, 0.717) is 18.4 Å². The minimum Gasteiger partial charge on any atom is -0.496 e. The Hall–Kier alpha value is -2.57. The maximum absolute atomic E-state index is 13.3. The van der Waals surface area contributed by atoms with Crippen LogP contribution in [0.3, 0.4) is 0 Å². The molecule has 0 aliphatic heterocycles. The molecule has 1 amide bonds. The number of halogens is 4. The van der Waals surface area contributed by atoms with Gasteiger partial charge in [0.05, 0.1) is 18.1 Å². The number of anilines is 1. The monoisotopic (exact) mass is 395 g/mol. The van der Waals surface area contributed by atoms with E-state index >= 15 is 0 Å². The Balaban J connectivity index is 1.94. The quantitative estimate of drug-likeness (QED) is 0.675. The third-order valence-corrected chi connectivity index (χ3v) is 5.30. The first-order valence-electron chi connectivity index (χ1n) is 9.09. The van der Waals surface area contributed by atoms with Crippen molar-refractivity contribution < 1.29 is 27.1 Å². The van der Waals surface area contributed by atoms with Crippen LogP contribution in [0.25, 0.3) is 0 Å². The summed E-state index contributed by atoms with van der Waals surface area (Å²) in [6, 6.07) is 9.20. The van der Waals surface area contributed by atoms with Gasteiger partial charge in [-0.3, -0.25) is 4.79 Å². The van der Waals surface area contributed by atoms with Crippen molar-refractivity contribution >= 4 is 11.6 Å². The third kappa shape index (κ3) is 3.98. The molecule has 0 spiro atoms. The van der Waals surface area contributed by atoms with E-state index in [2.05, 4.69) is 5.32 Å². The molecule has 0 bridgehead atoms. The first-order chi connectivity index (χ1) is 13.3. The van der Waals surface area contributed by atoms with Crippen molar-refractivity contribution in [3.63, 3.8) is 0 Å². The molecule has 1 saturated carbocycles. The van der Waals surface area contributed by atoms with Crippen molar-refractivity contribution in [2.24, 2.45) is 0 Å². The van der Waals surface area contributed by atoms with Gasteiger partial charge in [0.1, 0.15) is 11.6 Å². The summed E-state index contributed by atoms with van der Waals surface area (Å²) in [6.45, 7) is 0. The number of hydrogen-bond acceptors (Lipinski definition) is 2. The van der Waals surface area contributed by atoms with Crippen LogP contribution in [0, 0.1) is 5.82 Å². The van der Waals surface area contributed by atoms with Gasteiger partial charge in [-0.15, -0.1) is 0 Å². The zero-order valence-corrected chi connectivity index (χ0v) is 15.4. The summed E-state index contributed by atoms with van der Waals surface area (Å²) in [5.41, 5.74) is -1.11. The number of nitrogens with one attached hydrogen (secondary N) is 1. The Morgan fingerprint density at radius 1 is 1.04 bits per heavy atom. The lowest BCUT2D eigenvalue weighted by atomic mass is 9.68. The number of alkyl halides is 3. The molecule has 0 radical (unpaired) electrons. The van der Waals surface area contributed by atoms with Crippen LogP contribution in [0.2, 0.25) is 0 Å². The van der Waals surface area contributed by atoms with Gasteiger partial charge in [0.15, 0.2) is 0 Å². The maximum Gasteiger partial charge on any atom is 0.420 e. The van der Waals surface area contributed by atoms with Gasteiger partial charge in [-0.25, -0.2) is 4.39 Å². The zero-order chi connectivity index (χ0) is 20.4. The summed E-state index contributed by atoms with van der Waals surface area (Å²) in [5.74, 6) is -1.09. The van der Waals surface area contributed by atoms with Gasteiger partial charge < -0.3 is 10.1 Å². The molecule has 1 aliphatic carbocycles. The van der Waals surface area contributed by atoms with E-state index < -0.39 is 23.0 Å². The molecular formula is C21H21F4NO2. The number of ether oxygens (including phenoxy) is 1. The van der Waals surface area contributed by atoms with E-state index in [4.69, 9.17) is 4.74 Å². The predicted molar refractivity (Wildman–Crippen MR) is 97.8 cm³/mol. The molecule has 3 nitrogen and oxygen atoms in total. The van der Waals surface area contributed by atoms with Crippen LogP contribution in [-0.2, 0) is 16.4 Å². The van der Waals surface area contributed by atoms with Crippen LogP contribution in [0.1, 0.15) is 43.2 Å². The van der Waals surface area contributed by atoms with Crippen LogP contribution in [0.15, 0.2) is 42.5 Å². The fourth-order valence-electron chi connectivity index (χ4n) is 3.83. The van der Waals surface area contributed by atoms with Gasteiger partial charge in [0.2, 0.25) is 5.91 Å². The van der Waals surface area contributed by atoms with Gasteiger partial charge in [-0.05, 0) is 48.7 Å². The number of methoxy groups -OCH3 is 1. The van der Waals surface area contributed by atoms with Crippen LogP contribution < -0.4 is 10.1 Å². The largest absolute Gasteiger partial charge is 0.496 e. The topological polar surface area (TPSA) is 38.3 Å². The summed E-state index contributed by atoms with van der Waals surface area (Å²) >= 11 is 0. The predicted octanol–water partition coefficient (Wildman–Crippen LogP) is 5.69. The van der Waals surface area contributed by atoms with E-state index in [9.17, 15) is 22.4 Å². The highest BCUT2D eigenvalue weighted by molar-refractivity contribution is 5.99. The molecule has 0 atom stereocenters. The van der Waals surface area contributed by atoms with Crippen LogP contribution in [0.5, 0.6) is 5.75 Å². The molecule has 3 rings (SSSR count). The standard InChI is InChI=1S/C21H21F4NO2/c1-28-18-10-9-16(13-17(18)21(23,24)25)26-19(27)20(11-3-2-4-12-20)14-5-7-15(22)8-6-14/h5-10,13H,2-4,11-12H2,1H3,(H,26,27). The van der Waals surface area contributed by atoms with Crippen molar-refractivity contribution in [3.8, 4) is 5.75 Å². The molecule has 0 aromatic heterocycles. The van der Waals surface area contributed by atoms with Gasteiger partial charge in [-0.2, -0.15) is 13.2 Å². The molecule has 28 heavy (non-hydrogen) atoms. The summed E-state index contributed by atoms with van der Waals surface area (Å²) in [4.78, 5) is 13.2. The van der Waals surface area contributed by atoms with Crippen molar-refractivity contribution in [2.45, 2.75) is 43.7 Å². The Kier molecular flexibility index (Phi) is 5.63. The lowest BCUT2D eigenvalue weighted by Crippen LogP contribution is -2.42. The van der Waals surface area contributed by atoms with Crippen molar-refractivity contribution in [2.75, 3.05) is 12.4 Å². The number of rotatable bonds is 4. The van der Waals surface area contributed by atoms with Crippen LogP contribution in [-0.4, -0.2) is 13.0 Å². The number of benzene rings is 2. The molecule has 2 aromatic rings. The zero-order valence-electron chi connectivity index (χ0n) is 15.4. The molecule has 1 aliphatic rings. The van der Waals surface area contributed by atoms with E-state index in [1.54, 1.807) is 12.1 Å². The SMILES string of the molecule is COc1ccc(NC(=O)C2(c3ccc(F)cc3)CCCCC2)cc1C(F)(F)F. The lowest BCUT2D eigenvalue weighted by molar-refractivity contribution is -0.138. The maximum atomic E-state index is 13.3. The first kappa shape index (κ1) is 20.2. The number of carbonyl (C=O) groups excluding carboxylic acids is 1. The molecule has 7 heteroatoms. The fourth-order valence-corrected chi connectivity index (χ4v) is 3.83. The summed E-state index contributed by atoms with van der Waals surface area (Å²) in [5, 5.41) is 2.64. The highest BCUT2D eigenvalue weighted by Crippen LogP contribution is 2.42. The van der Waals surface area contributed by atoms with Gasteiger partial charge in [0, 0.05) is 5.69 Å². The van der Waals surface area contributed by atoms with E-state index in [-0.39, 0.29) is 17.3 Å².